The summed E-state index contributed by atoms with van der Waals surface area (Å²) in [5.41, 5.74) is 2.31. The number of amides is 1. The van der Waals surface area contributed by atoms with E-state index in [9.17, 15) is 4.79 Å². The molecule has 0 aliphatic heterocycles. The summed E-state index contributed by atoms with van der Waals surface area (Å²) in [6.07, 6.45) is 7.40. The van der Waals surface area contributed by atoms with Crippen LogP contribution in [0.15, 0.2) is 0 Å². The molecule has 4 saturated carbocycles. The molecule has 0 aromatic rings. The third-order valence-corrected chi connectivity index (χ3v) is 4.79. The molecular weight excluding hydrogens is 206 g/mol. The largest absolute Gasteiger partial charge is 0.314 e. The summed E-state index contributed by atoms with van der Waals surface area (Å²) in [5, 5.41) is 2.63. The van der Waals surface area contributed by atoms with Gasteiger partial charge in [-0.05, 0) is 56.3 Å². The Morgan fingerprint density at radius 3 is 2.00 bits per heavy atom. The van der Waals surface area contributed by atoms with E-state index in [-0.39, 0.29) is 11.3 Å². The minimum atomic E-state index is -0.0689. The molecule has 1 N–H and O–H groups in total. The van der Waals surface area contributed by atoms with Crippen LogP contribution in [0.2, 0.25) is 0 Å². The summed E-state index contributed by atoms with van der Waals surface area (Å²) in [6, 6.07) is 0. The minimum Gasteiger partial charge on any atom is -0.314 e. The van der Waals surface area contributed by atoms with Crippen LogP contribution >= 0.6 is 12.2 Å². The summed E-state index contributed by atoms with van der Waals surface area (Å²) in [5.74, 6) is 2.59. The van der Waals surface area contributed by atoms with Crippen molar-refractivity contribution in [2.75, 3.05) is 0 Å². The molecule has 1 amide bonds. The number of hydrogen-bond donors (Lipinski definition) is 1. The van der Waals surface area contributed by atoms with Gasteiger partial charge in [0, 0.05) is 0 Å². The molecular formula is C12H16NOS. The quantitative estimate of drug-likeness (QED) is 0.573. The van der Waals surface area contributed by atoms with E-state index in [2.05, 4.69) is 23.0 Å². The molecule has 81 valence electrons. The third-order valence-electron chi connectivity index (χ3n) is 4.68. The lowest BCUT2D eigenvalue weighted by Gasteiger charge is -2.55. The Morgan fingerprint density at radius 1 is 1.13 bits per heavy atom. The monoisotopic (exact) mass is 222 g/mol. The zero-order chi connectivity index (χ0) is 10.5. The molecule has 0 unspecified atom stereocenters. The van der Waals surface area contributed by atoms with Crippen molar-refractivity contribution >= 4 is 23.6 Å². The van der Waals surface area contributed by atoms with Crippen LogP contribution in [0.5, 0.6) is 0 Å². The first-order valence-electron chi connectivity index (χ1n) is 5.89. The standard InChI is InChI=1S/C12H16NOS/c14-11(13-7-15)12-4-8-1-9(5-12)3-10(2-8)6-12/h8-10H,1-6H2,(H,13,14,15). The second kappa shape index (κ2) is 3.27. The van der Waals surface area contributed by atoms with E-state index in [0.29, 0.717) is 0 Å². The molecule has 0 aromatic heterocycles. The number of nitrogens with one attached hydrogen (secondary N) is 1. The highest BCUT2D eigenvalue weighted by Gasteiger charge is 2.54. The lowest BCUT2D eigenvalue weighted by molar-refractivity contribution is -0.144. The maximum Gasteiger partial charge on any atom is 0.231 e. The average Bonchev–Trinajstić information content (AvgIpc) is 2.15. The topological polar surface area (TPSA) is 29.1 Å². The predicted octanol–water partition coefficient (Wildman–Crippen LogP) is 2.15. The molecule has 2 nitrogen and oxygen atoms in total. The molecule has 4 bridgehead atoms. The SMILES string of the molecule is O=C(N[C]=S)C12CC3CC(CC(C3)C1)C2. The van der Waals surface area contributed by atoms with Crippen LogP contribution < -0.4 is 5.32 Å². The van der Waals surface area contributed by atoms with Crippen LogP contribution in [-0.4, -0.2) is 11.4 Å². The molecule has 0 aromatic carbocycles. The Hall–Kier alpha value is -0.440. The van der Waals surface area contributed by atoms with Gasteiger partial charge in [-0.2, -0.15) is 0 Å². The van der Waals surface area contributed by atoms with Gasteiger partial charge < -0.3 is 5.32 Å². The van der Waals surface area contributed by atoms with Crippen LogP contribution in [0, 0.1) is 23.2 Å². The van der Waals surface area contributed by atoms with Crippen LogP contribution in [-0.2, 0) is 4.79 Å². The highest BCUT2D eigenvalue weighted by atomic mass is 32.1. The van der Waals surface area contributed by atoms with Crippen molar-refractivity contribution in [3.05, 3.63) is 0 Å². The van der Waals surface area contributed by atoms with Crippen molar-refractivity contribution in [3.8, 4) is 0 Å². The summed E-state index contributed by atoms with van der Waals surface area (Å²) >= 11 is 4.60. The second-order valence-corrected chi connectivity index (χ2v) is 5.96. The average molecular weight is 222 g/mol. The minimum absolute atomic E-state index is 0.0689. The van der Waals surface area contributed by atoms with E-state index < -0.39 is 0 Å². The first-order valence-corrected chi connectivity index (χ1v) is 6.30. The number of rotatable bonds is 2. The first-order chi connectivity index (χ1) is 7.22. The van der Waals surface area contributed by atoms with Gasteiger partial charge in [0.1, 0.15) is 5.49 Å². The Bertz CT molecular complexity index is 277. The number of carbonyl (C=O) groups is 1. The van der Waals surface area contributed by atoms with E-state index in [1.807, 2.05) is 0 Å². The van der Waals surface area contributed by atoms with Gasteiger partial charge in [-0.3, -0.25) is 4.79 Å². The molecule has 4 aliphatic carbocycles. The zero-order valence-corrected chi connectivity index (χ0v) is 9.61. The van der Waals surface area contributed by atoms with Crippen LogP contribution in [0.25, 0.3) is 0 Å². The second-order valence-electron chi connectivity index (χ2n) is 5.75. The summed E-state index contributed by atoms with van der Waals surface area (Å²) in [7, 11) is 0. The van der Waals surface area contributed by atoms with Crippen molar-refractivity contribution in [1.82, 2.24) is 5.32 Å². The Morgan fingerprint density at radius 2 is 1.60 bits per heavy atom. The predicted molar refractivity (Wildman–Crippen MR) is 61.3 cm³/mol. The van der Waals surface area contributed by atoms with E-state index in [0.717, 1.165) is 37.0 Å². The van der Waals surface area contributed by atoms with Crippen LogP contribution in [0.4, 0.5) is 0 Å². The molecule has 0 heterocycles. The molecule has 4 aliphatic rings. The fourth-order valence-electron chi connectivity index (χ4n) is 4.57. The van der Waals surface area contributed by atoms with E-state index in [4.69, 9.17) is 0 Å². The lowest BCUT2D eigenvalue weighted by atomic mass is 9.49. The highest BCUT2D eigenvalue weighted by Crippen LogP contribution is 2.59. The van der Waals surface area contributed by atoms with Gasteiger partial charge in [-0.15, -0.1) is 0 Å². The van der Waals surface area contributed by atoms with Gasteiger partial charge in [-0.25, -0.2) is 0 Å². The number of carbonyl (C=O) groups excluding carboxylic acids is 1. The Balaban J connectivity index is 1.86. The van der Waals surface area contributed by atoms with Gasteiger partial charge in [0.25, 0.3) is 0 Å². The van der Waals surface area contributed by atoms with Gasteiger partial charge in [0.05, 0.1) is 5.41 Å². The lowest BCUT2D eigenvalue weighted by Crippen LogP contribution is -2.53. The normalized spacial score (nSPS) is 46.5. The van der Waals surface area contributed by atoms with Crippen molar-refractivity contribution in [2.45, 2.75) is 38.5 Å². The third kappa shape index (κ3) is 1.43. The molecule has 1 radical (unpaired) electrons. The van der Waals surface area contributed by atoms with Gasteiger partial charge in [0.15, 0.2) is 0 Å². The molecule has 4 fully saturated rings. The fraction of sp³-hybridized carbons (Fsp3) is 0.833. The maximum atomic E-state index is 12.1. The van der Waals surface area contributed by atoms with Gasteiger partial charge in [0.2, 0.25) is 5.91 Å². The molecule has 0 spiro atoms. The molecule has 0 saturated heterocycles. The number of thiocarbonyl (C=S) groups is 1. The van der Waals surface area contributed by atoms with Crippen LogP contribution in [0.1, 0.15) is 38.5 Å². The number of hydrogen-bond acceptors (Lipinski definition) is 2. The van der Waals surface area contributed by atoms with Crippen molar-refractivity contribution in [3.63, 3.8) is 0 Å². The van der Waals surface area contributed by atoms with Gasteiger partial charge >= 0.3 is 0 Å². The Labute approximate surface area is 95.8 Å². The highest BCUT2D eigenvalue weighted by molar-refractivity contribution is 7.78. The summed E-state index contributed by atoms with van der Waals surface area (Å²) in [6.45, 7) is 0. The zero-order valence-electron chi connectivity index (χ0n) is 8.79. The van der Waals surface area contributed by atoms with Crippen LogP contribution in [0.3, 0.4) is 0 Å². The molecule has 15 heavy (non-hydrogen) atoms. The van der Waals surface area contributed by atoms with Crippen molar-refractivity contribution in [1.29, 1.82) is 0 Å². The first kappa shape index (κ1) is 9.76. The van der Waals surface area contributed by atoms with E-state index in [1.54, 1.807) is 0 Å². The maximum absolute atomic E-state index is 12.1. The van der Waals surface area contributed by atoms with E-state index >= 15 is 0 Å². The summed E-state index contributed by atoms with van der Waals surface area (Å²) < 4.78 is 0. The molecule has 0 atom stereocenters. The van der Waals surface area contributed by atoms with E-state index in [1.165, 1.54) is 19.3 Å². The Kier molecular flexibility index (Phi) is 2.13. The van der Waals surface area contributed by atoms with Crippen molar-refractivity contribution in [2.24, 2.45) is 23.2 Å². The molecule has 3 heteroatoms. The fourth-order valence-corrected chi connectivity index (χ4v) is 4.66. The van der Waals surface area contributed by atoms with Gasteiger partial charge in [-0.1, -0.05) is 12.2 Å². The smallest absolute Gasteiger partial charge is 0.231 e. The summed E-state index contributed by atoms with van der Waals surface area (Å²) in [4.78, 5) is 12.1. The molecule has 4 rings (SSSR count). The van der Waals surface area contributed by atoms with Crippen molar-refractivity contribution < 1.29 is 4.79 Å².